The van der Waals surface area contributed by atoms with Crippen LogP contribution in [0.2, 0.25) is 0 Å². The topological polar surface area (TPSA) is 74.7 Å². The maximum absolute atomic E-state index is 5.86. The molecule has 0 radical (unpaired) electrons. The van der Waals surface area contributed by atoms with Crippen LogP contribution in [0.3, 0.4) is 0 Å². The van der Waals surface area contributed by atoms with Crippen LogP contribution in [0.15, 0.2) is 48.9 Å². The molecular formula is C22H23N3O4. The van der Waals surface area contributed by atoms with E-state index in [1.165, 1.54) is 6.33 Å². The Hall–Kier alpha value is -3.34. The molecule has 1 N–H and O–H groups in total. The lowest BCUT2D eigenvalue weighted by molar-refractivity contribution is 0.109. The highest BCUT2D eigenvalue weighted by molar-refractivity contribution is 5.81. The average Bonchev–Trinajstić information content (AvgIpc) is 2.76. The summed E-state index contributed by atoms with van der Waals surface area (Å²) in [4.78, 5) is 8.30. The number of anilines is 1. The van der Waals surface area contributed by atoms with E-state index in [-0.39, 0.29) is 0 Å². The molecule has 1 heterocycles. The number of hydrogen-bond acceptors (Lipinski definition) is 7. The summed E-state index contributed by atoms with van der Waals surface area (Å²) in [5.41, 5.74) is 2.51. The zero-order valence-corrected chi connectivity index (χ0v) is 16.3. The number of aromatic nitrogens is 2. The van der Waals surface area contributed by atoms with E-state index < -0.39 is 0 Å². The molecule has 2 aromatic carbocycles. The molecule has 7 nitrogen and oxygen atoms in total. The van der Waals surface area contributed by atoms with Crippen molar-refractivity contribution in [1.82, 2.24) is 9.97 Å². The van der Waals surface area contributed by atoms with Gasteiger partial charge in [0.15, 0.2) is 11.5 Å². The molecule has 0 amide bonds. The third-order valence-electron chi connectivity index (χ3n) is 4.01. The Morgan fingerprint density at radius 1 is 1.03 bits per heavy atom. The van der Waals surface area contributed by atoms with Crippen molar-refractivity contribution in [2.45, 2.75) is 0 Å². The molecule has 0 bridgehead atoms. The van der Waals surface area contributed by atoms with Crippen LogP contribution in [0.5, 0.6) is 11.5 Å². The number of terminal acetylenes is 1. The maximum Gasteiger partial charge on any atom is 0.163 e. The fourth-order valence-corrected chi connectivity index (χ4v) is 2.59. The number of fused-ring (bicyclic) bond motifs is 1. The fourth-order valence-electron chi connectivity index (χ4n) is 2.59. The smallest absolute Gasteiger partial charge is 0.163 e. The Balaban J connectivity index is 1.51. The zero-order valence-electron chi connectivity index (χ0n) is 16.3. The fraction of sp³-hybridized carbons (Fsp3) is 0.273. The van der Waals surface area contributed by atoms with Crippen LogP contribution in [0.1, 0.15) is 5.56 Å². The second-order valence-corrected chi connectivity index (χ2v) is 6.02. The third kappa shape index (κ3) is 6.07. The number of nitrogens with zero attached hydrogens (tertiary/aromatic N) is 2. The summed E-state index contributed by atoms with van der Waals surface area (Å²) in [7, 11) is 1.63. The van der Waals surface area contributed by atoms with Crippen molar-refractivity contribution in [3.05, 3.63) is 54.5 Å². The summed E-state index contributed by atoms with van der Waals surface area (Å²) < 4.78 is 22.3. The molecule has 3 rings (SSSR count). The predicted octanol–water partition coefficient (Wildman–Crippen LogP) is 3.10. The Labute approximate surface area is 170 Å². The minimum Gasteiger partial charge on any atom is -0.487 e. The molecule has 0 atom stereocenters. The molecule has 0 fully saturated rings. The van der Waals surface area contributed by atoms with Gasteiger partial charge in [-0.2, -0.15) is 0 Å². The molecule has 29 heavy (non-hydrogen) atoms. The monoisotopic (exact) mass is 393 g/mol. The van der Waals surface area contributed by atoms with Gasteiger partial charge in [0.05, 0.1) is 18.7 Å². The highest BCUT2D eigenvalue weighted by Crippen LogP contribution is 2.31. The number of hydrogen-bond donors (Lipinski definition) is 1. The first kappa shape index (κ1) is 20.4. The van der Waals surface area contributed by atoms with Crippen LogP contribution < -0.4 is 14.8 Å². The summed E-state index contributed by atoms with van der Waals surface area (Å²) in [5, 5.41) is 4.03. The van der Waals surface area contributed by atoms with E-state index in [2.05, 4.69) is 21.2 Å². The normalized spacial score (nSPS) is 10.5. The van der Waals surface area contributed by atoms with E-state index in [0.29, 0.717) is 44.7 Å². The molecule has 3 aromatic rings. The number of rotatable bonds is 11. The summed E-state index contributed by atoms with van der Waals surface area (Å²) in [6.07, 6.45) is 8.64. The maximum atomic E-state index is 5.86. The summed E-state index contributed by atoms with van der Waals surface area (Å²) in [5.74, 6) is 3.82. The Bertz CT molecular complexity index is 972. The minimum atomic E-state index is 0.347. The predicted molar refractivity (Wildman–Crippen MR) is 111 cm³/mol. The van der Waals surface area contributed by atoms with Gasteiger partial charge in [0.2, 0.25) is 0 Å². The highest BCUT2D eigenvalue weighted by Gasteiger charge is 2.09. The first-order valence-corrected chi connectivity index (χ1v) is 9.17. The molecule has 0 aliphatic heterocycles. The molecule has 0 aliphatic carbocycles. The van der Waals surface area contributed by atoms with Crippen molar-refractivity contribution in [3.63, 3.8) is 0 Å². The van der Waals surface area contributed by atoms with Gasteiger partial charge in [-0.15, -0.1) is 6.42 Å². The number of nitrogens with one attached hydrogen (secondary N) is 1. The molecule has 150 valence electrons. The van der Waals surface area contributed by atoms with Crippen molar-refractivity contribution in [1.29, 1.82) is 0 Å². The molecule has 0 unspecified atom stereocenters. The van der Waals surface area contributed by atoms with E-state index in [1.807, 2.05) is 36.4 Å². The number of ether oxygens (including phenoxy) is 4. The number of methoxy groups -OCH3 is 1. The van der Waals surface area contributed by atoms with Crippen molar-refractivity contribution in [2.75, 3.05) is 45.6 Å². The van der Waals surface area contributed by atoms with Gasteiger partial charge in [0.1, 0.15) is 26.3 Å². The first-order chi connectivity index (χ1) is 14.3. The quantitative estimate of drug-likeness (QED) is 0.305. The molecule has 0 saturated carbocycles. The molecule has 0 spiro atoms. The Kier molecular flexibility index (Phi) is 7.63. The van der Waals surface area contributed by atoms with Crippen LogP contribution in [0, 0.1) is 12.3 Å². The summed E-state index contributed by atoms with van der Waals surface area (Å²) in [6.45, 7) is 2.02. The lowest BCUT2D eigenvalue weighted by Crippen LogP contribution is -2.13. The standard InChI is InChI=1S/C22H23N3O4/c1-3-17-5-4-6-19(11-17)25-16-27-8-10-29-21-12-18-14-23-15-24-20(18)13-22(21)28-9-7-26-2/h1,4-6,11-15,25H,7-10,16H2,2H3. The SMILES string of the molecule is C#Cc1cccc(NCOCCOc2cc3cncnc3cc2OCCOC)c1. The van der Waals surface area contributed by atoms with E-state index >= 15 is 0 Å². The van der Waals surface area contributed by atoms with Crippen molar-refractivity contribution in [3.8, 4) is 23.8 Å². The van der Waals surface area contributed by atoms with Gasteiger partial charge in [-0.1, -0.05) is 12.0 Å². The van der Waals surface area contributed by atoms with Gasteiger partial charge in [-0.25, -0.2) is 9.97 Å². The van der Waals surface area contributed by atoms with Gasteiger partial charge in [0, 0.05) is 36.0 Å². The van der Waals surface area contributed by atoms with E-state index in [1.54, 1.807) is 13.3 Å². The molecule has 0 aliphatic rings. The molecular weight excluding hydrogens is 370 g/mol. The van der Waals surface area contributed by atoms with E-state index in [0.717, 1.165) is 22.2 Å². The van der Waals surface area contributed by atoms with Gasteiger partial charge < -0.3 is 24.3 Å². The zero-order chi connectivity index (χ0) is 20.3. The van der Waals surface area contributed by atoms with Crippen molar-refractivity contribution >= 4 is 16.6 Å². The van der Waals surface area contributed by atoms with Crippen molar-refractivity contribution in [2.24, 2.45) is 0 Å². The van der Waals surface area contributed by atoms with Crippen LogP contribution in [0.25, 0.3) is 10.9 Å². The molecule has 1 aromatic heterocycles. The van der Waals surface area contributed by atoms with Gasteiger partial charge in [0.25, 0.3) is 0 Å². The van der Waals surface area contributed by atoms with E-state index in [9.17, 15) is 0 Å². The number of benzene rings is 2. The van der Waals surface area contributed by atoms with Crippen LogP contribution >= 0.6 is 0 Å². The second-order valence-electron chi connectivity index (χ2n) is 6.02. The first-order valence-electron chi connectivity index (χ1n) is 9.17. The van der Waals surface area contributed by atoms with Gasteiger partial charge >= 0.3 is 0 Å². The lowest BCUT2D eigenvalue weighted by atomic mass is 10.2. The van der Waals surface area contributed by atoms with Gasteiger partial charge in [-0.3, -0.25) is 0 Å². The van der Waals surface area contributed by atoms with Crippen molar-refractivity contribution < 1.29 is 18.9 Å². The summed E-state index contributed by atoms with van der Waals surface area (Å²) in [6, 6.07) is 11.3. The van der Waals surface area contributed by atoms with Gasteiger partial charge in [-0.05, 0) is 24.3 Å². The van der Waals surface area contributed by atoms with Crippen LogP contribution in [0.4, 0.5) is 5.69 Å². The second kappa shape index (κ2) is 10.9. The average molecular weight is 393 g/mol. The minimum absolute atomic E-state index is 0.347. The largest absolute Gasteiger partial charge is 0.487 e. The Morgan fingerprint density at radius 3 is 2.69 bits per heavy atom. The molecule has 7 heteroatoms. The van der Waals surface area contributed by atoms with Crippen LogP contribution in [-0.4, -0.2) is 50.2 Å². The third-order valence-corrected chi connectivity index (χ3v) is 4.01. The van der Waals surface area contributed by atoms with E-state index in [4.69, 9.17) is 25.4 Å². The lowest BCUT2D eigenvalue weighted by Gasteiger charge is -2.14. The molecule has 0 saturated heterocycles. The van der Waals surface area contributed by atoms with Crippen LogP contribution in [-0.2, 0) is 9.47 Å². The summed E-state index contributed by atoms with van der Waals surface area (Å²) >= 11 is 0. The highest BCUT2D eigenvalue weighted by atomic mass is 16.6. The Morgan fingerprint density at radius 2 is 1.86 bits per heavy atom.